The first-order valence-corrected chi connectivity index (χ1v) is 8.52. The molecule has 0 aliphatic carbocycles. The van der Waals surface area contributed by atoms with Crippen molar-refractivity contribution >= 4 is 40.3 Å². The molecule has 4 nitrogen and oxygen atoms in total. The van der Waals surface area contributed by atoms with E-state index in [-0.39, 0.29) is 5.91 Å². The Balaban J connectivity index is 1.79. The number of thioether (sulfide) groups is 1. The summed E-state index contributed by atoms with van der Waals surface area (Å²) in [6, 6.07) is 13.6. The van der Waals surface area contributed by atoms with Gasteiger partial charge >= 0.3 is 0 Å². The quantitative estimate of drug-likeness (QED) is 0.664. The summed E-state index contributed by atoms with van der Waals surface area (Å²) in [4.78, 5) is 14.6. The number of thiocarbonyl (C=S) groups is 1. The van der Waals surface area contributed by atoms with Gasteiger partial charge < -0.3 is 10.2 Å². The first-order chi connectivity index (χ1) is 11.2. The summed E-state index contributed by atoms with van der Waals surface area (Å²) in [5.74, 6) is 1.34. The van der Waals surface area contributed by atoms with E-state index in [0.717, 1.165) is 17.7 Å². The Hall–Kier alpha value is -1.89. The molecule has 1 aromatic heterocycles. The maximum atomic E-state index is 12.4. The van der Waals surface area contributed by atoms with Crippen molar-refractivity contribution in [1.82, 2.24) is 4.90 Å². The van der Waals surface area contributed by atoms with Crippen LogP contribution in [-0.2, 0) is 4.79 Å². The molecule has 1 fully saturated rings. The maximum Gasteiger partial charge on any atom is 0.266 e. The molecule has 0 unspecified atom stereocenters. The van der Waals surface area contributed by atoms with Crippen molar-refractivity contribution in [2.24, 2.45) is 5.73 Å². The van der Waals surface area contributed by atoms with E-state index >= 15 is 0 Å². The Kier molecular flexibility index (Phi) is 4.95. The molecule has 0 saturated carbocycles. The van der Waals surface area contributed by atoms with Crippen LogP contribution >= 0.6 is 24.0 Å². The van der Waals surface area contributed by atoms with E-state index in [2.05, 4.69) is 0 Å². The summed E-state index contributed by atoms with van der Waals surface area (Å²) in [5, 5.41) is 0. The molecule has 0 spiro atoms. The standard InChI is InChI=1S/C17H16N2O2S2/c18-9-4-10-19-16(20)15(23-17(19)22)11-13-7-8-14(21-13)12-5-2-1-3-6-12/h1-3,5-8,11H,4,9-10,18H2/b15-11+. The molecule has 23 heavy (non-hydrogen) atoms. The molecule has 1 aliphatic rings. The third-order valence-electron chi connectivity index (χ3n) is 3.42. The van der Waals surface area contributed by atoms with Gasteiger partial charge in [-0.15, -0.1) is 0 Å². The van der Waals surface area contributed by atoms with E-state index < -0.39 is 0 Å². The van der Waals surface area contributed by atoms with Crippen LogP contribution in [0.25, 0.3) is 17.4 Å². The summed E-state index contributed by atoms with van der Waals surface area (Å²) in [5.41, 5.74) is 6.50. The number of nitrogens with zero attached hydrogens (tertiary/aromatic N) is 1. The molecule has 1 amide bonds. The largest absolute Gasteiger partial charge is 0.457 e. The normalized spacial score (nSPS) is 16.6. The van der Waals surface area contributed by atoms with Crippen molar-refractivity contribution in [2.45, 2.75) is 6.42 Å². The fourth-order valence-corrected chi connectivity index (χ4v) is 3.55. The molecule has 1 aromatic carbocycles. The monoisotopic (exact) mass is 344 g/mol. The minimum Gasteiger partial charge on any atom is -0.457 e. The SMILES string of the molecule is NCCCN1C(=O)/C(=C\c2ccc(-c3ccccc3)o2)SC1=S. The van der Waals surface area contributed by atoms with Crippen LogP contribution in [0.5, 0.6) is 0 Å². The molecule has 0 radical (unpaired) electrons. The third kappa shape index (κ3) is 3.55. The van der Waals surface area contributed by atoms with Crippen LogP contribution in [0.1, 0.15) is 12.2 Å². The first-order valence-electron chi connectivity index (χ1n) is 7.30. The van der Waals surface area contributed by atoms with E-state index in [9.17, 15) is 4.79 Å². The zero-order valence-corrected chi connectivity index (χ0v) is 14.0. The van der Waals surface area contributed by atoms with Crippen LogP contribution in [0.15, 0.2) is 51.8 Å². The van der Waals surface area contributed by atoms with Gasteiger partial charge in [-0.2, -0.15) is 0 Å². The molecule has 0 bridgehead atoms. The molecular weight excluding hydrogens is 328 g/mol. The highest BCUT2D eigenvalue weighted by Gasteiger charge is 2.31. The molecule has 2 aromatic rings. The minimum absolute atomic E-state index is 0.0777. The third-order valence-corrected chi connectivity index (χ3v) is 4.80. The lowest BCUT2D eigenvalue weighted by molar-refractivity contribution is -0.122. The highest BCUT2D eigenvalue weighted by molar-refractivity contribution is 8.26. The van der Waals surface area contributed by atoms with Gasteiger partial charge in [0.1, 0.15) is 15.8 Å². The predicted octanol–water partition coefficient (Wildman–Crippen LogP) is 3.50. The summed E-state index contributed by atoms with van der Waals surface area (Å²) >= 11 is 6.56. The Morgan fingerprint density at radius 3 is 2.74 bits per heavy atom. The number of hydrogen-bond donors (Lipinski definition) is 1. The number of benzene rings is 1. The maximum absolute atomic E-state index is 12.4. The van der Waals surface area contributed by atoms with Gasteiger partial charge in [0.15, 0.2) is 0 Å². The van der Waals surface area contributed by atoms with Crippen LogP contribution in [0.4, 0.5) is 0 Å². The second-order valence-electron chi connectivity index (χ2n) is 5.04. The second kappa shape index (κ2) is 7.12. The van der Waals surface area contributed by atoms with E-state index in [4.69, 9.17) is 22.4 Å². The van der Waals surface area contributed by atoms with Crippen molar-refractivity contribution in [1.29, 1.82) is 0 Å². The summed E-state index contributed by atoms with van der Waals surface area (Å²) < 4.78 is 6.38. The number of rotatable bonds is 5. The molecular formula is C17H16N2O2S2. The molecule has 3 rings (SSSR count). The first kappa shape index (κ1) is 16.0. The number of hydrogen-bond acceptors (Lipinski definition) is 5. The number of amides is 1. The molecule has 2 heterocycles. The molecule has 1 saturated heterocycles. The lowest BCUT2D eigenvalue weighted by Gasteiger charge is -2.12. The Bertz CT molecular complexity index is 753. The van der Waals surface area contributed by atoms with Crippen LogP contribution in [-0.4, -0.2) is 28.2 Å². The van der Waals surface area contributed by atoms with E-state index in [1.807, 2.05) is 42.5 Å². The van der Waals surface area contributed by atoms with Crippen molar-refractivity contribution in [3.63, 3.8) is 0 Å². The average molecular weight is 344 g/mol. The van der Waals surface area contributed by atoms with Gasteiger partial charge in [-0.25, -0.2) is 0 Å². The summed E-state index contributed by atoms with van der Waals surface area (Å²) in [6.45, 7) is 1.10. The molecule has 2 N–H and O–H groups in total. The topological polar surface area (TPSA) is 59.5 Å². The Labute approximate surface area is 144 Å². The fraction of sp³-hybridized carbons (Fsp3) is 0.176. The van der Waals surface area contributed by atoms with Gasteiger partial charge in [-0.3, -0.25) is 9.69 Å². The van der Waals surface area contributed by atoms with Gasteiger partial charge in [0.2, 0.25) is 0 Å². The van der Waals surface area contributed by atoms with Crippen LogP contribution in [0.3, 0.4) is 0 Å². The van der Waals surface area contributed by atoms with Crippen molar-refractivity contribution in [3.05, 3.63) is 53.1 Å². The number of nitrogens with two attached hydrogens (primary N) is 1. The zero-order valence-electron chi connectivity index (χ0n) is 12.4. The van der Waals surface area contributed by atoms with E-state index in [0.29, 0.717) is 28.1 Å². The van der Waals surface area contributed by atoms with E-state index in [1.54, 1.807) is 11.0 Å². The average Bonchev–Trinajstić information content (AvgIpc) is 3.13. The van der Waals surface area contributed by atoms with Crippen LogP contribution in [0.2, 0.25) is 0 Å². The van der Waals surface area contributed by atoms with Gasteiger partial charge in [-0.1, -0.05) is 54.3 Å². The lowest BCUT2D eigenvalue weighted by atomic mass is 10.2. The highest BCUT2D eigenvalue weighted by Crippen LogP contribution is 2.33. The van der Waals surface area contributed by atoms with Gasteiger partial charge in [0, 0.05) is 18.2 Å². The van der Waals surface area contributed by atoms with Gasteiger partial charge in [0.05, 0.1) is 4.91 Å². The number of carbonyl (C=O) groups is 1. The fourth-order valence-electron chi connectivity index (χ4n) is 2.26. The molecule has 6 heteroatoms. The van der Waals surface area contributed by atoms with Gasteiger partial charge in [0.25, 0.3) is 5.91 Å². The van der Waals surface area contributed by atoms with Crippen LogP contribution < -0.4 is 5.73 Å². The smallest absolute Gasteiger partial charge is 0.266 e. The van der Waals surface area contributed by atoms with Crippen molar-refractivity contribution in [2.75, 3.05) is 13.1 Å². The Morgan fingerprint density at radius 1 is 1.22 bits per heavy atom. The molecule has 118 valence electrons. The highest BCUT2D eigenvalue weighted by atomic mass is 32.2. The van der Waals surface area contributed by atoms with E-state index in [1.165, 1.54) is 11.8 Å². The molecule has 1 aliphatic heterocycles. The zero-order chi connectivity index (χ0) is 16.2. The number of furan rings is 1. The van der Waals surface area contributed by atoms with Crippen molar-refractivity contribution < 1.29 is 9.21 Å². The summed E-state index contributed by atoms with van der Waals surface area (Å²) in [6.07, 6.45) is 2.48. The second-order valence-corrected chi connectivity index (χ2v) is 6.72. The molecule has 0 atom stereocenters. The van der Waals surface area contributed by atoms with Crippen LogP contribution in [0, 0.1) is 0 Å². The van der Waals surface area contributed by atoms with Gasteiger partial charge in [-0.05, 0) is 25.1 Å². The Morgan fingerprint density at radius 2 is 2.00 bits per heavy atom. The minimum atomic E-state index is -0.0777. The lowest BCUT2D eigenvalue weighted by Crippen LogP contribution is -2.30. The predicted molar refractivity (Wildman–Crippen MR) is 97.7 cm³/mol. The number of carbonyl (C=O) groups excluding carboxylic acids is 1. The summed E-state index contributed by atoms with van der Waals surface area (Å²) in [7, 11) is 0. The van der Waals surface area contributed by atoms with Crippen molar-refractivity contribution in [3.8, 4) is 11.3 Å².